The minimum atomic E-state index is -0.457. The van der Waals surface area contributed by atoms with Crippen LogP contribution in [0.1, 0.15) is 77.3 Å². The molecule has 0 radical (unpaired) electrons. The number of ketones is 2. The third kappa shape index (κ3) is 5.33. The number of rotatable bonds is 6. The van der Waals surface area contributed by atoms with Gasteiger partial charge in [-0.05, 0) is 76.9 Å². The molecule has 0 spiro atoms. The number of nitrogens with zero attached hydrogens (tertiary/aromatic N) is 1. The summed E-state index contributed by atoms with van der Waals surface area (Å²) < 4.78 is 27.2. The number of carbonyl (C=O) groups excluding carboxylic acids is 2. The first kappa shape index (κ1) is 28.8. The predicted molar refractivity (Wildman–Crippen MR) is 162 cm³/mol. The maximum atomic E-state index is 14.3. The van der Waals surface area contributed by atoms with Gasteiger partial charge in [0.15, 0.2) is 23.1 Å². The molecule has 212 valence electrons. The highest BCUT2D eigenvalue weighted by Crippen LogP contribution is 2.54. The van der Waals surface area contributed by atoms with Gasteiger partial charge in [0.05, 0.1) is 10.2 Å². The maximum Gasteiger partial charge on any atom is 0.174 e. The van der Waals surface area contributed by atoms with Crippen LogP contribution in [-0.4, -0.2) is 30.1 Å². The molecule has 0 unspecified atom stereocenters. The van der Waals surface area contributed by atoms with Crippen LogP contribution in [0.15, 0.2) is 58.9 Å². The van der Waals surface area contributed by atoms with Crippen molar-refractivity contribution in [3.05, 3.63) is 79.5 Å². The molecule has 7 heteroatoms. The Morgan fingerprint density at radius 1 is 0.925 bits per heavy atom. The standard InChI is InChI=1S/C33H37FINO4/c1-7-39-27-13-20(12-22(35)31(27)40-18-19-10-8-9-11-21(19)34)28-29-23(14-32(2,3)16-25(29)37)36(6)24-15-33(4,5)17-26(38)30(24)28/h8-13,28H,7,14-18H2,1-6H3. The lowest BCUT2D eigenvalue weighted by molar-refractivity contribution is -0.119. The lowest BCUT2D eigenvalue weighted by Gasteiger charge is -2.48. The van der Waals surface area contributed by atoms with Crippen molar-refractivity contribution in [1.29, 1.82) is 0 Å². The number of hydrogen-bond acceptors (Lipinski definition) is 5. The number of carbonyl (C=O) groups is 2. The number of halogens is 2. The highest BCUT2D eigenvalue weighted by molar-refractivity contribution is 14.1. The summed E-state index contributed by atoms with van der Waals surface area (Å²) in [5.74, 6) is 0.464. The van der Waals surface area contributed by atoms with E-state index in [1.165, 1.54) is 6.07 Å². The fourth-order valence-electron chi connectivity index (χ4n) is 6.42. The molecular formula is C33H37FINO4. The van der Waals surface area contributed by atoms with E-state index in [0.29, 0.717) is 36.5 Å². The summed E-state index contributed by atoms with van der Waals surface area (Å²) in [6.07, 6.45) is 2.42. The Labute approximate surface area is 249 Å². The largest absolute Gasteiger partial charge is 0.490 e. The van der Waals surface area contributed by atoms with E-state index in [1.807, 2.05) is 26.1 Å². The molecule has 0 atom stereocenters. The van der Waals surface area contributed by atoms with Crippen LogP contribution in [0.4, 0.5) is 4.39 Å². The molecule has 0 N–H and O–H groups in total. The second-order valence-electron chi connectivity index (χ2n) is 12.7. The van der Waals surface area contributed by atoms with Gasteiger partial charge < -0.3 is 14.4 Å². The van der Waals surface area contributed by atoms with E-state index in [2.05, 4.69) is 55.2 Å². The second-order valence-corrected chi connectivity index (χ2v) is 13.9. The molecule has 5 rings (SSSR count). The zero-order chi connectivity index (χ0) is 29.0. The van der Waals surface area contributed by atoms with E-state index in [0.717, 1.165) is 44.5 Å². The zero-order valence-electron chi connectivity index (χ0n) is 24.1. The smallest absolute Gasteiger partial charge is 0.174 e. The number of Topliss-reactive ketones (excluding diaryl/α,β-unsaturated/α-hetero) is 2. The van der Waals surface area contributed by atoms with Gasteiger partial charge in [0.2, 0.25) is 0 Å². The van der Waals surface area contributed by atoms with Gasteiger partial charge in [0.1, 0.15) is 12.4 Å². The number of ether oxygens (including phenoxy) is 2. The van der Waals surface area contributed by atoms with Gasteiger partial charge in [-0.2, -0.15) is 0 Å². The van der Waals surface area contributed by atoms with E-state index in [-0.39, 0.29) is 34.8 Å². The van der Waals surface area contributed by atoms with Crippen LogP contribution in [0, 0.1) is 20.2 Å². The lowest BCUT2D eigenvalue weighted by atomic mass is 9.64. The van der Waals surface area contributed by atoms with Crippen LogP contribution in [0.2, 0.25) is 0 Å². The van der Waals surface area contributed by atoms with E-state index in [1.54, 1.807) is 18.2 Å². The maximum absolute atomic E-state index is 14.3. The molecule has 0 aromatic heterocycles. The molecule has 0 saturated heterocycles. The number of allylic oxidation sites excluding steroid dienone is 4. The average Bonchev–Trinajstić information content (AvgIpc) is 2.84. The van der Waals surface area contributed by atoms with Crippen molar-refractivity contribution in [2.24, 2.45) is 10.8 Å². The molecule has 0 saturated carbocycles. The summed E-state index contributed by atoms with van der Waals surface area (Å²) in [4.78, 5) is 29.8. The molecule has 3 aliphatic rings. The third-order valence-electron chi connectivity index (χ3n) is 8.17. The van der Waals surface area contributed by atoms with Crippen molar-refractivity contribution < 1.29 is 23.5 Å². The van der Waals surface area contributed by atoms with Crippen molar-refractivity contribution in [1.82, 2.24) is 4.90 Å². The Morgan fingerprint density at radius 3 is 2.05 bits per heavy atom. The minimum Gasteiger partial charge on any atom is -0.490 e. The Morgan fingerprint density at radius 2 is 1.50 bits per heavy atom. The van der Waals surface area contributed by atoms with E-state index in [9.17, 15) is 14.0 Å². The zero-order valence-corrected chi connectivity index (χ0v) is 26.3. The first-order chi connectivity index (χ1) is 18.8. The molecule has 2 aromatic rings. The van der Waals surface area contributed by atoms with Crippen molar-refractivity contribution in [3.8, 4) is 11.5 Å². The van der Waals surface area contributed by atoms with E-state index >= 15 is 0 Å². The van der Waals surface area contributed by atoms with E-state index in [4.69, 9.17) is 9.47 Å². The van der Waals surface area contributed by atoms with Crippen LogP contribution < -0.4 is 9.47 Å². The average molecular weight is 658 g/mol. The highest BCUT2D eigenvalue weighted by Gasteiger charge is 2.48. The molecule has 40 heavy (non-hydrogen) atoms. The number of hydrogen-bond donors (Lipinski definition) is 0. The van der Waals surface area contributed by atoms with Gasteiger partial charge in [0, 0.05) is 53.9 Å². The molecular weight excluding hydrogens is 620 g/mol. The van der Waals surface area contributed by atoms with E-state index < -0.39 is 5.92 Å². The molecule has 0 fully saturated rings. The van der Waals surface area contributed by atoms with Crippen molar-refractivity contribution in [2.45, 2.75) is 72.8 Å². The quantitative estimate of drug-likeness (QED) is 0.298. The second kappa shape index (κ2) is 10.6. The molecule has 1 aliphatic heterocycles. The Balaban J connectivity index is 1.65. The Hall–Kier alpha value is -2.68. The Bertz CT molecular complexity index is 1400. The van der Waals surface area contributed by atoms with Crippen LogP contribution in [-0.2, 0) is 16.2 Å². The normalized spacial score (nSPS) is 20.4. The van der Waals surface area contributed by atoms with Crippen LogP contribution in [0.25, 0.3) is 0 Å². The number of benzene rings is 2. The van der Waals surface area contributed by atoms with Crippen LogP contribution in [0.3, 0.4) is 0 Å². The van der Waals surface area contributed by atoms with Gasteiger partial charge in [-0.1, -0.05) is 45.9 Å². The lowest BCUT2D eigenvalue weighted by Crippen LogP contribution is -2.43. The summed E-state index contributed by atoms with van der Waals surface area (Å²) in [6, 6.07) is 10.4. The molecule has 1 heterocycles. The van der Waals surface area contributed by atoms with Gasteiger partial charge in [-0.25, -0.2) is 4.39 Å². The first-order valence-corrected chi connectivity index (χ1v) is 15.0. The van der Waals surface area contributed by atoms with Gasteiger partial charge in [-0.3, -0.25) is 9.59 Å². The molecule has 2 aromatic carbocycles. The van der Waals surface area contributed by atoms with Crippen LogP contribution in [0.5, 0.6) is 11.5 Å². The van der Waals surface area contributed by atoms with Gasteiger partial charge in [-0.15, -0.1) is 0 Å². The summed E-state index contributed by atoms with van der Waals surface area (Å²) in [5.41, 5.74) is 4.48. The Kier molecular flexibility index (Phi) is 7.66. The van der Waals surface area contributed by atoms with Crippen molar-refractivity contribution in [3.63, 3.8) is 0 Å². The third-order valence-corrected chi connectivity index (χ3v) is 8.98. The van der Waals surface area contributed by atoms with Crippen molar-refractivity contribution in [2.75, 3.05) is 13.7 Å². The molecule has 0 amide bonds. The van der Waals surface area contributed by atoms with Crippen molar-refractivity contribution >= 4 is 34.2 Å². The fraction of sp³-hybridized carbons (Fsp3) is 0.455. The topological polar surface area (TPSA) is 55.8 Å². The SMILES string of the molecule is CCOc1cc(C2C3=C(CC(C)(C)CC3=O)N(C)C3=C2C(=O)CC(C)(C)C3)cc(I)c1OCc1ccccc1F. The predicted octanol–water partition coefficient (Wildman–Crippen LogP) is 7.72. The minimum absolute atomic E-state index is 0.0576. The molecule has 5 nitrogen and oxygen atoms in total. The first-order valence-electron chi connectivity index (χ1n) is 13.9. The summed E-state index contributed by atoms with van der Waals surface area (Å²) >= 11 is 2.21. The molecule has 2 aliphatic carbocycles. The van der Waals surface area contributed by atoms with Crippen LogP contribution >= 0.6 is 22.6 Å². The summed E-state index contributed by atoms with van der Waals surface area (Å²) in [7, 11) is 2.01. The van der Waals surface area contributed by atoms with Gasteiger partial charge in [0.25, 0.3) is 0 Å². The monoisotopic (exact) mass is 657 g/mol. The van der Waals surface area contributed by atoms with Gasteiger partial charge >= 0.3 is 0 Å². The highest BCUT2D eigenvalue weighted by atomic mass is 127. The summed E-state index contributed by atoms with van der Waals surface area (Å²) in [6.45, 7) is 10.9. The molecule has 0 bridgehead atoms. The fourth-order valence-corrected chi connectivity index (χ4v) is 7.20. The summed E-state index contributed by atoms with van der Waals surface area (Å²) in [5, 5.41) is 0.